The number of terminal acetylenes is 1. The number of nitrogens with one attached hydrogen (secondary N) is 1. The van der Waals surface area contributed by atoms with Crippen LogP contribution in [0.3, 0.4) is 0 Å². The molecule has 1 aromatic rings. The van der Waals surface area contributed by atoms with Crippen LogP contribution in [0.25, 0.3) is 0 Å². The molecule has 23 heavy (non-hydrogen) atoms. The molecule has 0 unspecified atom stereocenters. The molecule has 0 aromatic carbocycles. The normalized spacial score (nSPS) is 17.1. The molecule has 1 aliphatic carbocycles. The molecule has 2 heterocycles. The minimum absolute atomic E-state index is 0.00103. The van der Waals surface area contributed by atoms with Crippen molar-refractivity contribution in [1.82, 2.24) is 9.78 Å². The first-order chi connectivity index (χ1) is 11.0. The largest absolute Gasteiger partial charge is 0.311 e. The van der Waals surface area contributed by atoms with Crippen LogP contribution in [-0.4, -0.2) is 21.4 Å². The van der Waals surface area contributed by atoms with E-state index in [0.717, 1.165) is 37.2 Å². The fourth-order valence-electron chi connectivity index (χ4n) is 3.09. The van der Waals surface area contributed by atoms with E-state index in [9.17, 15) is 4.79 Å². The Balaban J connectivity index is 1.61. The summed E-state index contributed by atoms with van der Waals surface area (Å²) < 4.78 is 1.93. The predicted molar refractivity (Wildman–Crippen MR) is 88.2 cm³/mol. The number of carbonyl (C=O) groups is 1. The van der Waals surface area contributed by atoms with Gasteiger partial charge in [0.1, 0.15) is 5.82 Å². The van der Waals surface area contributed by atoms with E-state index in [2.05, 4.69) is 40.4 Å². The standard InChI is InChI=1S/C17H23N5O/c1-4-5-10-17(20-21-17)11-9-15(23)18-16-13-7-6-8-14(13)19-22(16)12(2)3/h1,12H,5-11H2,2-3H3,(H,18,23). The fraction of sp³-hybridized carbons (Fsp3) is 0.647. The summed E-state index contributed by atoms with van der Waals surface area (Å²) in [4.78, 5) is 12.4. The molecule has 1 amide bonds. The van der Waals surface area contributed by atoms with Gasteiger partial charge in [-0.1, -0.05) is 0 Å². The van der Waals surface area contributed by atoms with Crippen molar-refractivity contribution >= 4 is 11.7 Å². The molecule has 0 saturated carbocycles. The van der Waals surface area contributed by atoms with Crippen molar-refractivity contribution in [2.24, 2.45) is 10.2 Å². The van der Waals surface area contributed by atoms with E-state index in [1.54, 1.807) is 0 Å². The van der Waals surface area contributed by atoms with Crippen LogP contribution < -0.4 is 5.32 Å². The summed E-state index contributed by atoms with van der Waals surface area (Å²) in [5.41, 5.74) is 1.94. The Bertz CT molecular complexity index is 674. The minimum atomic E-state index is -0.399. The number of aryl methyl sites for hydroxylation is 1. The number of carbonyl (C=O) groups excluding carboxylic acids is 1. The van der Waals surface area contributed by atoms with Gasteiger partial charge in [0.15, 0.2) is 5.66 Å². The average Bonchev–Trinajstić information content (AvgIpc) is 2.99. The highest BCUT2D eigenvalue weighted by Crippen LogP contribution is 2.38. The van der Waals surface area contributed by atoms with E-state index in [-0.39, 0.29) is 11.9 Å². The maximum absolute atomic E-state index is 12.4. The van der Waals surface area contributed by atoms with Gasteiger partial charge in [-0.25, -0.2) is 4.68 Å². The lowest BCUT2D eigenvalue weighted by Crippen LogP contribution is -2.20. The zero-order chi connectivity index (χ0) is 16.4. The summed E-state index contributed by atoms with van der Waals surface area (Å²) in [6.07, 6.45) is 10.8. The van der Waals surface area contributed by atoms with E-state index < -0.39 is 5.66 Å². The Morgan fingerprint density at radius 1 is 1.39 bits per heavy atom. The van der Waals surface area contributed by atoms with E-state index in [4.69, 9.17) is 6.42 Å². The molecule has 0 atom stereocenters. The molecule has 0 saturated heterocycles. The van der Waals surface area contributed by atoms with Crippen molar-refractivity contribution in [3.05, 3.63) is 11.3 Å². The summed E-state index contributed by atoms with van der Waals surface area (Å²) in [5.74, 6) is 3.48. The molecule has 0 fully saturated rings. The molecular weight excluding hydrogens is 290 g/mol. The van der Waals surface area contributed by atoms with Crippen LogP contribution in [0.4, 0.5) is 5.82 Å². The number of amides is 1. The van der Waals surface area contributed by atoms with Crippen LogP contribution in [0, 0.1) is 12.3 Å². The van der Waals surface area contributed by atoms with Crippen LogP contribution >= 0.6 is 0 Å². The summed E-state index contributed by atoms with van der Waals surface area (Å²) in [6.45, 7) is 4.16. The second-order valence-electron chi connectivity index (χ2n) is 6.60. The topological polar surface area (TPSA) is 71.6 Å². The maximum Gasteiger partial charge on any atom is 0.225 e. The number of hydrogen-bond donors (Lipinski definition) is 1. The molecule has 0 spiro atoms. The van der Waals surface area contributed by atoms with Crippen LogP contribution in [-0.2, 0) is 17.6 Å². The molecule has 1 aromatic heterocycles. The molecule has 6 nitrogen and oxygen atoms in total. The Labute approximate surface area is 136 Å². The number of anilines is 1. The molecule has 1 aliphatic heterocycles. The molecule has 6 heteroatoms. The summed E-state index contributed by atoms with van der Waals surface area (Å²) in [7, 11) is 0. The smallest absolute Gasteiger partial charge is 0.225 e. The lowest BCUT2D eigenvalue weighted by Gasteiger charge is -2.14. The molecule has 0 radical (unpaired) electrons. The van der Waals surface area contributed by atoms with Gasteiger partial charge in [-0.15, -0.1) is 12.3 Å². The third kappa shape index (κ3) is 3.29. The number of fused-ring (bicyclic) bond motifs is 1. The minimum Gasteiger partial charge on any atom is -0.311 e. The zero-order valence-corrected chi connectivity index (χ0v) is 13.8. The highest BCUT2D eigenvalue weighted by atomic mass is 16.1. The van der Waals surface area contributed by atoms with Gasteiger partial charge in [0, 0.05) is 37.3 Å². The zero-order valence-electron chi connectivity index (χ0n) is 13.8. The fourth-order valence-corrected chi connectivity index (χ4v) is 3.09. The Hall–Kier alpha value is -2.16. The first-order valence-electron chi connectivity index (χ1n) is 8.32. The van der Waals surface area contributed by atoms with Gasteiger partial charge in [0.25, 0.3) is 0 Å². The first kappa shape index (κ1) is 15.7. The molecule has 2 aliphatic rings. The quantitative estimate of drug-likeness (QED) is 0.785. The van der Waals surface area contributed by atoms with Gasteiger partial charge in [0.05, 0.1) is 5.69 Å². The molecule has 122 valence electrons. The van der Waals surface area contributed by atoms with E-state index in [1.807, 2.05) is 4.68 Å². The van der Waals surface area contributed by atoms with Crippen LogP contribution in [0.5, 0.6) is 0 Å². The summed E-state index contributed by atoms with van der Waals surface area (Å²) in [5, 5.41) is 15.9. The highest BCUT2D eigenvalue weighted by Gasteiger charge is 2.39. The summed E-state index contributed by atoms with van der Waals surface area (Å²) in [6, 6.07) is 0.228. The highest BCUT2D eigenvalue weighted by molar-refractivity contribution is 5.91. The van der Waals surface area contributed by atoms with Gasteiger partial charge < -0.3 is 5.32 Å². The maximum atomic E-state index is 12.4. The molecular formula is C17H23N5O. The van der Waals surface area contributed by atoms with Crippen molar-refractivity contribution < 1.29 is 4.79 Å². The van der Waals surface area contributed by atoms with Crippen molar-refractivity contribution in [3.63, 3.8) is 0 Å². The van der Waals surface area contributed by atoms with Crippen LogP contribution in [0.15, 0.2) is 10.2 Å². The number of rotatable bonds is 7. The second kappa shape index (κ2) is 6.15. The first-order valence-corrected chi connectivity index (χ1v) is 8.32. The number of hydrogen-bond acceptors (Lipinski definition) is 4. The Morgan fingerprint density at radius 2 is 2.17 bits per heavy atom. The summed E-state index contributed by atoms with van der Waals surface area (Å²) >= 11 is 0. The van der Waals surface area contributed by atoms with Gasteiger partial charge in [-0.2, -0.15) is 15.3 Å². The van der Waals surface area contributed by atoms with E-state index in [0.29, 0.717) is 19.3 Å². The van der Waals surface area contributed by atoms with Gasteiger partial charge in [0.2, 0.25) is 5.91 Å². The van der Waals surface area contributed by atoms with Crippen LogP contribution in [0.1, 0.15) is 63.3 Å². The predicted octanol–water partition coefficient (Wildman–Crippen LogP) is 3.25. The SMILES string of the molecule is C#CCCC1(CCC(=O)Nc2c3c(nn2C(C)C)CCC3)N=N1. The van der Waals surface area contributed by atoms with Gasteiger partial charge in [-0.3, -0.25) is 4.79 Å². The Kier molecular flexibility index (Phi) is 4.20. The van der Waals surface area contributed by atoms with Crippen molar-refractivity contribution in [1.29, 1.82) is 0 Å². The lowest BCUT2D eigenvalue weighted by atomic mass is 10.0. The van der Waals surface area contributed by atoms with Crippen LogP contribution in [0.2, 0.25) is 0 Å². The van der Waals surface area contributed by atoms with Gasteiger partial charge in [-0.05, 0) is 33.1 Å². The monoisotopic (exact) mass is 313 g/mol. The van der Waals surface area contributed by atoms with Crippen molar-refractivity contribution in [3.8, 4) is 12.3 Å². The van der Waals surface area contributed by atoms with Gasteiger partial charge >= 0.3 is 0 Å². The third-order valence-corrected chi connectivity index (χ3v) is 4.48. The van der Waals surface area contributed by atoms with Crippen molar-refractivity contribution in [2.45, 2.75) is 70.5 Å². The molecule has 1 N–H and O–H groups in total. The Morgan fingerprint density at radius 3 is 2.83 bits per heavy atom. The number of nitrogens with zero attached hydrogens (tertiary/aromatic N) is 4. The van der Waals surface area contributed by atoms with Crippen molar-refractivity contribution in [2.75, 3.05) is 5.32 Å². The second-order valence-corrected chi connectivity index (χ2v) is 6.60. The average molecular weight is 313 g/mol. The van der Waals surface area contributed by atoms with E-state index >= 15 is 0 Å². The molecule has 0 bridgehead atoms. The number of aromatic nitrogens is 2. The van der Waals surface area contributed by atoms with E-state index in [1.165, 1.54) is 5.56 Å². The lowest BCUT2D eigenvalue weighted by molar-refractivity contribution is -0.116. The molecule has 3 rings (SSSR count). The third-order valence-electron chi connectivity index (χ3n) is 4.48.